The Balaban J connectivity index is 1.81. The minimum Gasteiger partial charge on any atom is -0.497 e. The third-order valence-electron chi connectivity index (χ3n) is 5.52. The zero-order chi connectivity index (χ0) is 22.8. The number of carbonyl (C=O) groups is 2. The number of methoxy groups -OCH3 is 1. The van der Waals surface area contributed by atoms with Gasteiger partial charge in [0.05, 0.1) is 30.2 Å². The molecule has 0 bridgehead atoms. The first-order valence-corrected chi connectivity index (χ1v) is 10.7. The van der Waals surface area contributed by atoms with Gasteiger partial charge in [-0.15, -0.1) is 0 Å². The summed E-state index contributed by atoms with van der Waals surface area (Å²) in [5.74, 6) is -0.0562. The molecule has 32 heavy (non-hydrogen) atoms. The molecule has 1 amide bonds. The standard InChI is InChI=1S/C24H24ClN3O4/c1-15(29)28(32-16(2)30)20-10-13-23-22(14-20)24(17-4-6-18(25)7-5-17)27(26-23)19-8-11-21(31-3)12-9-19/h4-9,11-12,20H,10,13-14H2,1-3H3. The zero-order valence-electron chi connectivity index (χ0n) is 18.2. The maximum atomic E-state index is 12.2. The number of hydrogen-bond donors (Lipinski definition) is 0. The average Bonchev–Trinajstić information content (AvgIpc) is 3.16. The van der Waals surface area contributed by atoms with Crippen LogP contribution in [0.1, 0.15) is 31.5 Å². The van der Waals surface area contributed by atoms with Crippen LogP contribution in [0.3, 0.4) is 0 Å². The minimum absolute atomic E-state index is 0.261. The number of aromatic nitrogens is 2. The van der Waals surface area contributed by atoms with Gasteiger partial charge in [-0.3, -0.25) is 9.59 Å². The normalized spacial score (nSPS) is 15.1. The Hall–Kier alpha value is -3.32. The Kier molecular flexibility index (Phi) is 6.19. The summed E-state index contributed by atoms with van der Waals surface area (Å²) in [6.45, 7) is 2.70. The molecule has 0 fully saturated rings. The van der Waals surface area contributed by atoms with Crippen LogP contribution in [0.2, 0.25) is 5.02 Å². The lowest BCUT2D eigenvalue weighted by Crippen LogP contribution is -2.43. The molecule has 0 N–H and O–H groups in total. The molecule has 166 valence electrons. The second kappa shape index (κ2) is 9.04. The van der Waals surface area contributed by atoms with Crippen LogP contribution in [-0.2, 0) is 27.3 Å². The molecule has 3 aromatic rings. The van der Waals surface area contributed by atoms with Crippen LogP contribution in [0.4, 0.5) is 0 Å². The van der Waals surface area contributed by atoms with Crippen LogP contribution in [0.5, 0.6) is 5.75 Å². The first kappa shape index (κ1) is 21.9. The van der Waals surface area contributed by atoms with E-state index in [1.807, 2.05) is 53.2 Å². The van der Waals surface area contributed by atoms with Crippen molar-refractivity contribution in [1.82, 2.24) is 14.8 Å². The first-order valence-electron chi connectivity index (χ1n) is 10.4. The van der Waals surface area contributed by atoms with Crippen molar-refractivity contribution >= 4 is 23.5 Å². The summed E-state index contributed by atoms with van der Waals surface area (Å²) >= 11 is 6.13. The van der Waals surface area contributed by atoms with Gasteiger partial charge in [0.2, 0.25) is 0 Å². The number of carbonyl (C=O) groups excluding carboxylic acids is 2. The van der Waals surface area contributed by atoms with Crippen molar-refractivity contribution in [2.75, 3.05) is 7.11 Å². The van der Waals surface area contributed by atoms with E-state index in [0.29, 0.717) is 24.3 Å². The third kappa shape index (κ3) is 4.34. The summed E-state index contributed by atoms with van der Waals surface area (Å²) in [7, 11) is 1.63. The molecule has 0 radical (unpaired) electrons. The highest BCUT2D eigenvalue weighted by Gasteiger charge is 2.33. The minimum atomic E-state index is -0.516. The molecule has 7 nitrogen and oxygen atoms in total. The molecular formula is C24H24ClN3O4. The highest BCUT2D eigenvalue weighted by molar-refractivity contribution is 6.30. The van der Waals surface area contributed by atoms with Crippen molar-refractivity contribution in [3.63, 3.8) is 0 Å². The Morgan fingerprint density at radius 1 is 1.09 bits per heavy atom. The Morgan fingerprint density at radius 3 is 2.38 bits per heavy atom. The number of nitrogens with zero attached hydrogens (tertiary/aromatic N) is 3. The van der Waals surface area contributed by atoms with E-state index in [0.717, 1.165) is 34.0 Å². The van der Waals surface area contributed by atoms with Crippen LogP contribution in [-0.4, -0.2) is 39.9 Å². The van der Waals surface area contributed by atoms with Gasteiger partial charge in [0, 0.05) is 36.4 Å². The van der Waals surface area contributed by atoms with Crippen molar-refractivity contribution < 1.29 is 19.2 Å². The summed E-state index contributed by atoms with van der Waals surface area (Å²) < 4.78 is 7.20. The van der Waals surface area contributed by atoms with Crippen LogP contribution in [0, 0.1) is 0 Å². The molecule has 1 atom stereocenters. The number of hydroxylamine groups is 2. The lowest BCUT2D eigenvalue weighted by molar-refractivity contribution is -0.205. The van der Waals surface area contributed by atoms with Gasteiger partial charge < -0.3 is 9.57 Å². The SMILES string of the molecule is COc1ccc(-n2nc3c(c2-c2ccc(Cl)cc2)CC(N(OC(C)=O)C(C)=O)CC3)cc1. The third-order valence-corrected chi connectivity index (χ3v) is 5.78. The molecule has 1 aliphatic carbocycles. The van der Waals surface area contributed by atoms with Gasteiger partial charge >= 0.3 is 5.97 Å². The van der Waals surface area contributed by atoms with Gasteiger partial charge in [-0.1, -0.05) is 23.7 Å². The van der Waals surface area contributed by atoms with E-state index in [1.165, 1.54) is 18.9 Å². The van der Waals surface area contributed by atoms with Gasteiger partial charge in [-0.2, -0.15) is 10.2 Å². The Bertz CT molecular complexity index is 1140. The van der Waals surface area contributed by atoms with Crippen molar-refractivity contribution in [2.45, 2.75) is 39.2 Å². The highest BCUT2D eigenvalue weighted by atomic mass is 35.5. The molecule has 8 heteroatoms. The Labute approximate surface area is 191 Å². The second-order valence-corrected chi connectivity index (χ2v) is 8.15. The molecule has 1 unspecified atom stereocenters. The van der Waals surface area contributed by atoms with Gasteiger partial charge in [0.15, 0.2) is 0 Å². The molecule has 1 aliphatic rings. The summed E-state index contributed by atoms with van der Waals surface area (Å²) in [4.78, 5) is 29.0. The van der Waals surface area contributed by atoms with Crippen LogP contribution in [0.25, 0.3) is 16.9 Å². The molecule has 0 spiro atoms. The number of ether oxygens (including phenoxy) is 1. The fourth-order valence-electron chi connectivity index (χ4n) is 4.10. The van der Waals surface area contributed by atoms with Crippen molar-refractivity contribution in [3.8, 4) is 22.7 Å². The largest absolute Gasteiger partial charge is 0.497 e. The summed E-state index contributed by atoms with van der Waals surface area (Å²) in [6, 6.07) is 15.0. The number of benzene rings is 2. The van der Waals surface area contributed by atoms with Crippen molar-refractivity contribution in [2.24, 2.45) is 0 Å². The second-order valence-electron chi connectivity index (χ2n) is 7.71. The van der Waals surface area contributed by atoms with Gasteiger partial charge in [-0.05, 0) is 49.2 Å². The molecule has 0 saturated heterocycles. The summed E-state index contributed by atoms with van der Waals surface area (Å²) in [6.07, 6.45) is 1.84. The molecule has 1 aromatic heterocycles. The maximum absolute atomic E-state index is 12.2. The molecule has 0 aliphatic heterocycles. The monoisotopic (exact) mass is 453 g/mol. The fraction of sp³-hybridized carbons (Fsp3) is 0.292. The van der Waals surface area contributed by atoms with E-state index < -0.39 is 5.97 Å². The summed E-state index contributed by atoms with van der Waals surface area (Å²) in [5.41, 5.74) is 4.77. The van der Waals surface area contributed by atoms with E-state index in [1.54, 1.807) is 7.11 Å². The number of aryl methyl sites for hydroxylation is 1. The quantitative estimate of drug-likeness (QED) is 0.548. The number of amides is 1. The molecule has 0 saturated carbocycles. The molecule has 4 rings (SSSR count). The number of rotatable bonds is 4. The predicted octanol–water partition coefficient (Wildman–Crippen LogP) is 4.39. The zero-order valence-corrected chi connectivity index (χ0v) is 18.9. The maximum Gasteiger partial charge on any atom is 0.329 e. The van der Waals surface area contributed by atoms with Gasteiger partial charge in [0.1, 0.15) is 5.75 Å². The summed E-state index contributed by atoms with van der Waals surface area (Å²) in [5, 5.41) is 6.75. The molecule has 1 heterocycles. The van der Waals surface area contributed by atoms with E-state index in [-0.39, 0.29) is 11.9 Å². The lowest BCUT2D eigenvalue weighted by atomic mass is 9.89. The highest BCUT2D eigenvalue weighted by Crippen LogP contribution is 2.36. The predicted molar refractivity (Wildman–Crippen MR) is 121 cm³/mol. The number of hydrogen-bond acceptors (Lipinski definition) is 5. The number of fused-ring (bicyclic) bond motifs is 1. The van der Waals surface area contributed by atoms with E-state index in [9.17, 15) is 9.59 Å². The molecule has 2 aromatic carbocycles. The van der Waals surface area contributed by atoms with E-state index >= 15 is 0 Å². The number of halogens is 1. The smallest absolute Gasteiger partial charge is 0.329 e. The van der Waals surface area contributed by atoms with E-state index in [2.05, 4.69) is 0 Å². The van der Waals surface area contributed by atoms with Gasteiger partial charge in [-0.25, -0.2) is 4.68 Å². The fourth-order valence-corrected chi connectivity index (χ4v) is 4.23. The van der Waals surface area contributed by atoms with E-state index in [4.69, 9.17) is 26.3 Å². The van der Waals surface area contributed by atoms with Crippen LogP contribution >= 0.6 is 11.6 Å². The van der Waals surface area contributed by atoms with Crippen LogP contribution < -0.4 is 4.74 Å². The lowest BCUT2D eigenvalue weighted by Gasteiger charge is -2.31. The average molecular weight is 454 g/mol. The van der Waals surface area contributed by atoms with Crippen molar-refractivity contribution in [1.29, 1.82) is 0 Å². The Morgan fingerprint density at radius 2 is 1.78 bits per heavy atom. The topological polar surface area (TPSA) is 73.7 Å². The van der Waals surface area contributed by atoms with Crippen LogP contribution in [0.15, 0.2) is 48.5 Å². The first-order chi connectivity index (χ1) is 15.4. The molecular weight excluding hydrogens is 430 g/mol. The van der Waals surface area contributed by atoms with Crippen molar-refractivity contribution in [3.05, 3.63) is 64.8 Å². The van der Waals surface area contributed by atoms with Gasteiger partial charge in [0.25, 0.3) is 5.91 Å².